The van der Waals surface area contributed by atoms with Crippen LogP contribution in [0.2, 0.25) is 0 Å². The zero-order valence-electron chi connectivity index (χ0n) is 33.1. The first-order chi connectivity index (χ1) is 25.6. The summed E-state index contributed by atoms with van der Waals surface area (Å²) in [4.78, 5) is 54.3. The van der Waals surface area contributed by atoms with Gasteiger partial charge in [0.25, 0.3) is 0 Å². The van der Waals surface area contributed by atoms with Crippen molar-refractivity contribution in [1.29, 1.82) is 0 Å². The number of aryl methyl sites for hydroxylation is 1. The Morgan fingerprint density at radius 3 is 2.20 bits per heavy atom. The van der Waals surface area contributed by atoms with Gasteiger partial charge in [0.1, 0.15) is 28.7 Å². The van der Waals surface area contributed by atoms with Gasteiger partial charge in [0.05, 0.1) is 28.1 Å². The number of fused-ring (bicyclic) bond motifs is 3. The second-order valence-electron chi connectivity index (χ2n) is 17.2. The Morgan fingerprint density at radius 2 is 1.56 bits per heavy atom. The molecule has 292 valence electrons. The summed E-state index contributed by atoms with van der Waals surface area (Å²) in [7, 11) is -3.11. The minimum atomic E-state index is -3.11. The fourth-order valence-corrected chi connectivity index (χ4v) is 8.65. The molecule has 2 aromatic carbocycles. The zero-order chi connectivity index (χ0) is 40.0. The maximum atomic E-state index is 14.3. The molecule has 3 aliphatic rings. The lowest BCUT2D eigenvalue weighted by Gasteiger charge is -2.30. The van der Waals surface area contributed by atoms with Crippen molar-refractivity contribution < 1.29 is 32.3 Å². The van der Waals surface area contributed by atoms with E-state index in [1.54, 1.807) is 47.6 Å². The Bertz CT molecular complexity index is 2360. The number of sulfone groups is 1. The number of ether oxygens (including phenoxy) is 2. The molecule has 2 atom stereocenters. The number of imide groups is 1. The Kier molecular flexibility index (Phi) is 9.06. The molecule has 0 bridgehead atoms. The van der Waals surface area contributed by atoms with Crippen molar-refractivity contribution in [1.82, 2.24) is 19.7 Å². The number of hydrogen-bond donors (Lipinski definition) is 1. The maximum Gasteiger partial charge on any atom is 0.435 e. The Morgan fingerprint density at radius 1 is 0.909 bits per heavy atom. The summed E-state index contributed by atoms with van der Waals surface area (Å²) in [5, 5.41) is 8.72. The SMILES string of the molecule is Cc1ccc2c(c1)[C@]1(C[C@H]1c1ccc3c(Nc4nc(C(C)C)nc(N5CCS(=O)(=O)CC5)c4C)nn(C(=O)OC(C)(C)C)c3c1)C(=O)N2C(=O)OC(C)(C)C. The lowest BCUT2D eigenvalue weighted by atomic mass is 9.91. The van der Waals surface area contributed by atoms with Crippen LogP contribution in [0.15, 0.2) is 36.4 Å². The minimum Gasteiger partial charge on any atom is -0.443 e. The van der Waals surface area contributed by atoms with Gasteiger partial charge in [-0.15, -0.1) is 5.10 Å². The number of aromatic nitrogens is 4. The van der Waals surface area contributed by atoms with Crippen LogP contribution >= 0.6 is 0 Å². The predicted octanol–water partition coefficient (Wildman–Crippen LogP) is 7.04. The van der Waals surface area contributed by atoms with Gasteiger partial charge in [-0.25, -0.2) is 32.9 Å². The van der Waals surface area contributed by atoms with Crippen LogP contribution < -0.4 is 15.1 Å². The van der Waals surface area contributed by atoms with Crippen LogP contribution in [-0.2, 0) is 29.5 Å². The van der Waals surface area contributed by atoms with Gasteiger partial charge in [0.2, 0.25) is 5.91 Å². The van der Waals surface area contributed by atoms with E-state index < -0.39 is 38.6 Å². The maximum absolute atomic E-state index is 14.3. The van der Waals surface area contributed by atoms with Crippen molar-refractivity contribution in [3.8, 4) is 0 Å². The third kappa shape index (κ3) is 7.02. The fourth-order valence-electron chi connectivity index (χ4n) is 7.45. The average molecular weight is 772 g/mol. The van der Waals surface area contributed by atoms with E-state index in [1.807, 2.05) is 62.9 Å². The normalized spacial score (nSPS) is 20.6. The van der Waals surface area contributed by atoms with Crippen LogP contribution in [0, 0.1) is 13.8 Å². The zero-order valence-corrected chi connectivity index (χ0v) is 33.9. The number of amides is 2. The van der Waals surface area contributed by atoms with E-state index in [0.29, 0.717) is 64.9 Å². The van der Waals surface area contributed by atoms with Gasteiger partial charge in [-0.05, 0) is 91.1 Å². The number of hydrogen-bond acceptors (Lipinski definition) is 12. The number of carbonyl (C=O) groups excluding carboxylic acids is 3. The summed E-state index contributed by atoms with van der Waals surface area (Å²) in [6, 6.07) is 11.3. The van der Waals surface area contributed by atoms with Gasteiger partial charge < -0.3 is 19.7 Å². The van der Waals surface area contributed by atoms with E-state index in [9.17, 15) is 22.8 Å². The second kappa shape index (κ2) is 13.0. The molecule has 55 heavy (non-hydrogen) atoms. The molecular formula is C40H49N7O7S. The van der Waals surface area contributed by atoms with Gasteiger partial charge in [0, 0.05) is 35.9 Å². The van der Waals surface area contributed by atoms with Crippen LogP contribution in [-0.4, -0.2) is 82.1 Å². The third-order valence-electron chi connectivity index (χ3n) is 10.2. The van der Waals surface area contributed by atoms with E-state index in [-0.39, 0.29) is 29.2 Å². The predicted molar refractivity (Wildman–Crippen MR) is 210 cm³/mol. The lowest BCUT2D eigenvalue weighted by Crippen LogP contribution is -2.41. The summed E-state index contributed by atoms with van der Waals surface area (Å²) < 4.78 is 37.1. The largest absolute Gasteiger partial charge is 0.443 e. The Hall–Kier alpha value is -5.05. The molecule has 1 saturated carbocycles. The Labute approximate surface area is 321 Å². The average Bonchev–Trinajstić information content (AvgIpc) is 3.66. The van der Waals surface area contributed by atoms with E-state index in [4.69, 9.17) is 24.5 Å². The molecule has 15 heteroatoms. The number of carbonyl (C=O) groups is 3. The van der Waals surface area contributed by atoms with Crippen molar-refractivity contribution in [2.75, 3.05) is 39.7 Å². The van der Waals surface area contributed by atoms with Gasteiger partial charge in [-0.1, -0.05) is 37.6 Å². The van der Waals surface area contributed by atoms with Crippen molar-refractivity contribution in [3.63, 3.8) is 0 Å². The first-order valence-corrected chi connectivity index (χ1v) is 20.5. The molecule has 1 saturated heterocycles. The number of anilines is 4. The molecule has 0 radical (unpaired) electrons. The van der Waals surface area contributed by atoms with Crippen LogP contribution in [0.3, 0.4) is 0 Å². The highest BCUT2D eigenvalue weighted by Gasteiger charge is 2.68. The summed E-state index contributed by atoms with van der Waals surface area (Å²) in [6.45, 7) is 19.1. The summed E-state index contributed by atoms with van der Waals surface area (Å²) in [5.41, 5.74) is 1.66. The standard InChI is InChI=1S/C40H49N7O7S/c1-22(2)31-41-32(24(4)34(43-31)45-15-17-55(51,52)18-16-45)42-33-26-13-12-25(20-30(26)47(44-33)37(50)54-39(8,9)10)28-21-40(28)27-19-23(3)11-14-29(27)46(35(40)48)36(49)53-38(5,6)7/h11-14,19-20,22,28H,15-18,21H2,1-10H3,(H,41,42,43,44)/t28-,40-/m0/s1. The summed E-state index contributed by atoms with van der Waals surface area (Å²) in [5.74, 6) is 1.49. The molecular weight excluding hydrogens is 723 g/mol. The topological polar surface area (TPSA) is 166 Å². The molecule has 4 aromatic rings. The quantitative estimate of drug-likeness (QED) is 0.220. The van der Waals surface area contributed by atoms with Gasteiger partial charge in [-0.2, -0.15) is 4.68 Å². The van der Waals surface area contributed by atoms with Crippen molar-refractivity contribution in [2.45, 2.75) is 104 Å². The smallest absolute Gasteiger partial charge is 0.435 e. The fraction of sp³-hybridized carbons (Fsp3) is 0.500. The van der Waals surface area contributed by atoms with E-state index >= 15 is 0 Å². The van der Waals surface area contributed by atoms with Crippen molar-refractivity contribution in [2.24, 2.45) is 0 Å². The molecule has 1 spiro atoms. The van der Waals surface area contributed by atoms with Crippen LogP contribution in [0.4, 0.5) is 32.7 Å². The minimum absolute atomic E-state index is 0.0311. The third-order valence-corrected chi connectivity index (χ3v) is 11.8. The number of rotatable bonds is 5. The van der Waals surface area contributed by atoms with Crippen molar-refractivity contribution in [3.05, 3.63) is 64.5 Å². The number of nitrogens with one attached hydrogen (secondary N) is 1. The number of nitrogens with zero attached hydrogens (tertiary/aromatic N) is 6. The second-order valence-corrected chi connectivity index (χ2v) is 19.5. The molecule has 14 nitrogen and oxygen atoms in total. The molecule has 1 aliphatic carbocycles. The lowest BCUT2D eigenvalue weighted by molar-refractivity contribution is -0.120. The highest BCUT2D eigenvalue weighted by atomic mass is 32.2. The monoisotopic (exact) mass is 771 g/mol. The summed E-state index contributed by atoms with van der Waals surface area (Å²) in [6.07, 6.45) is -0.926. The van der Waals surface area contributed by atoms with E-state index in [1.165, 1.54) is 4.68 Å². The highest BCUT2D eigenvalue weighted by molar-refractivity contribution is 7.91. The highest BCUT2D eigenvalue weighted by Crippen LogP contribution is 2.66. The van der Waals surface area contributed by atoms with E-state index in [0.717, 1.165) is 21.6 Å². The first-order valence-electron chi connectivity index (χ1n) is 18.6. The van der Waals surface area contributed by atoms with Gasteiger partial charge in [-0.3, -0.25) is 4.79 Å². The van der Waals surface area contributed by atoms with Gasteiger partial charge >= 0.3 is 12.2 Å². The molecule has 2 aromatic heterocycles. The Balaban J connectivity index is 1.29. The van der Waals surface area contributed by atoms with E-state index in [2.05, 4.69) is 5.32 Å². The molecule has 2 amide bonds. The molecule has 4 heterocycles. The molecule has 2 aliphatic heterocycles. The molecule has 2 fully saturated rings. The van der Waals surface area contributed by atoms with Crippen LogP contribution in [0.5, 0.6) is 0 Å². The van der Waals surface area contributed by atoms with Crippen molar-refractivity contribution >= 4 is 62.0 Å². The van der Waals surface area contributed by atoms with Crippen LogP contribution in [0.25, 0.3) is 10.9 Å². The molecule has 7 rings (SSSR count). The molecule has 0 unspecified atom stereocenters. The first kappa shape index (κ1) is 38.2. The number of benzene rings is 2. The summed E-state index contributed by atoms with van der Waals surface area (Å²) >= 11 is 0. The van der Waals surface area contributed by atoms with Gasteiger partial charge in [0.15, 0.2) is 15.7 Å². The van der Waals surface area contributed by atoms with Crippen LogP contribution in [0.1, 0.15) is 102 Å². The molecule has 1 N–H and O–H groups in total.